The number of rotatable bonds is 7. The van der Waals surface area contributed by atoms with E-state index in [-0.39, 0.29) is 5.78 Å². The minimum Gasteiger partial charge on any atom is -0.340 e. The van der Waals surface area contributed by atoms with Crippen LogP contribution in [0.4, 0.5) is 11.5 Å². The van der Waals surface area contributed by atoms with E-state index in [1.165, 1.54) is 0 Å². The molecule has 2 aromatic rings. The second kappa shape index (κ2) is 8.73. The van der Waals surface area contributed by atoms with Gasteiger partial charge < -0.3 is 5.32 Å². The van der Waals surface area contributed by atoms with Crippen LogP contribution < -0.4 is 5.32 Å². The largest absolute Gasteiger partial charge is 0.340 e. The number of ketones is 1. The number of allylic oxidation sites excluding steroid dienone is 5. The fourth-order valence-electron chi connectivity index (χ4n) is 2.13. The summed E-state index contributed by atoms with van der Waals surface area (Å²) < 4.78 is 0. The smallest absolute Gasteiger partial charge is 0.161 e. The third kappa shape index (κ3) is 5.53. The Labute approximate surface area is 149 Å². The van der Waals surface area contributed by atoms with Crippen LogP contribution in [0.5, 0.6) is 0 Å². The van der Waals surface area contributed by atoms with Gasteiger partial charge in [-0.15, -0.1) is 0 Å². The zero-order chi connectivity index (χ0) is 18.2. The van der Waals surface area contributed by atoms with Gasteiger partial charge in [-0.05, 0) is 43.2 Å². The molecule has 0 saturated carbocycles. The fraction of sp³-hybridized carbons (Fsp3) is 0.190. The highest BCUT2D eigenvalue weighted by molar-refractivity contribution is 5.94. The summed E-state index contributed by atoms with van der Waals surface area (Å²) in [5.41, 5.74) is 2.45. The summed E-state index contributed by atoms with van der Waals surface area (Å²) in [6.07, 6.45) is 9.44. The SMILES string of the molecule is C=CC=C(C=CC(C)C)c1nccc(Nc2ccc(C(C)=O)cc2)n1. The van der Waals surface area contributed by atoms with Gasteiger partial charge in [0.15, 0.2) is 11.6 Å². The highest BCUT2D eigenvalue weighted by atomic mass is 16.1. The quantitative estimate of drug-likeness (QED) is 0.558. The number of nitrogens with one attached hydrogen (secondary N) is 1. The lowest BCUT2D eigenvalue weighted by molar-refractivity contribution is 0.101. The van der Waals surface area contributed by atoms with Crippen molar-refractivity contribution in [1.29, 1.82) is 0 Å². The molecule has 0 spiro atoms. The van der Waals surface area contributed by atoms with E-state index in [0.29, 0.717) is 23.1 Å². The van der Waals surface area contributed by atoms with Gasteiger partial charge in [0.25, 0.3) is 0 Å². The Morgan fingerprint density at radius 1 is 1.20 bits per heavy atom. The lowest BCUT2D eigenvalue weighted by Crippen LogP contribution is -1.99. The van der Waals surface area contributed by atoms with E-state index in [1.807, 2.05) is 24.3 Å². The highest BCUT2D eigenvalue weighted by Gasteiger charge is 2.05. The molecular weight excluding hydrogens is 310 g/mol. The van der Waals surface area contributed by atoms with E-state index in [1.54, 1.807) is 37.4 Å². The van der Waals surface area contributed by atoms with Crippen molar-refractivity contribution in [3.05, 3.63) is 78.8 Å². The summed E-state index contributed by atoms with van der Waals surface area (Å²) in [5.74, 6) is 1.80. The first-order chi connectivity index (χ1) is 12.0. The highest BCUT2D eigenvalue weighted by Crippen LogP contribution is 2.18. The topological polar surface area (TPSA) is 54.9 Å². The molecule has 0 aliphatic carbocycles. The maximum atomic E-state index is 11.3. The van der Waals surface area contributed by atoms with Crippen LogP contribution in [0.3, 0.4) is 0 Å². The van der Waals surface area contributed by atoms with Crippen LogP contribution in [-0.2, 0) is 0 Å². The zero-order valence-corrected chi connectivity index (χ0v) is 14.9. The molecule has 4 nitrogen and oxygen atoms in total. The van der Waals surface area contributed by atoms with E-state index in [0.717, 1.165) is 11.3 Å². The Morgan fingerprint density at radius 2 is 1.92 bits per heavy atom. The monoisotopic (exact) mass is 333 g/mol. The normalized spacial score (nSPS) is 11.8. The van der Waals surface area contributed by atoms with Crippen LogP contribution in [0.25, 0.3) is 5.57 Å². The maximum absolute atomic E-state index is 11.3. The molecule has 1 heterocycles. The summed E-state index contributed by atoms with van der Waals surface area (Å²) in [5, 5.41) is 3.23. The van der Waals surface area contributed by atoms with Crippen molar-refractivity contribution < 1.29 is 4.79 Å². The van der Waals surface area contributed by atoms with Gasteiger partial charge in [-0.1, -0.05) is 44.7 Å². The molecule has 1 aromatic carbocycles. The number of Topliss-reactive ketones (excluding diaryl/α,β-unsaturated/α-hetero) is 1. The Kier molecular flexibility index (Phi) is 6.40. The van der Waals surface area contributed by atoms with Gasteiger partial charge in [0.05, 0.1) is 0 Å². The summed E-state index contributed by atoms with van der Waals surface area (Å²) >= 11 is 0. The zero-order valence-electron chi connectivity index (χ0n) is 14.9. The van der Waals surface area contributed by atoms with Crippen LogP contribution in [0.2, 0.25) is 0 Å². The van der Waals surface area contributed by atoms with Gasteiger partial charge in [0.1, 0.15) is 5.82 Å². The van der Waals surface area contributed by atoms with Gasteiger partial charge in [0, 0.05) is 23.0 Å². The van der Waals surface area contributed by atoms with Gasteiger partial charge in [0.2, 0.25) is 0 Å². The molecule has 0 atom stereocenters. The Hall–Kier alpha value is -3.01. The van der Waals surface area contributed by atoms with Crippen LogP contribution in [0.15, 0.2) is 67.4 Å². The Balaban J connectivity index is 2.23. The van der Waals surface area contributed by atoms with Crippen LogP contribution in [0.1, 0.15) is 37.0 Å². The lowest BCUT2D eigenvalue weighted by atomic mass is 10.1. The van der Waals surface area contributed by atoms with E-state index >= 15 is 0 Å². The minimum absolute atomic E-state index is 0.0482. The molecule has 0 fully saturated rings. The number of aromatic nitrogens is 2. The number of hydrogen-bond donors (Lipinski definition) is 1. The molecule has 0 aliphatic heterocycles. The Bertz CT molecular complexity index is 802. The van der Waals surface area contributed by atoms with Crippen LogP contribution in [-0.4, -0.2) is 15.8 Å². The molecule has 2 rings (SSSR count). The lowest BCUT2D eigenvalue weighted by Gasteiger charge is -2.08. The van der Waals surface area contributed by atoms with E-state index in [2.05, 4.69) is 41.8 Å². The molecule has 1 aromatic heterocycles. The van der Waals surface area contributed by atoms with Crippen molar-refractivity contribution in [3.8, 4) is 0 Å². The Morgan fingerprint density at radius 3 is 2.52 bits per heavy atom. The molecule has 25 heavy (non-hydrogen) atoms. The standard InChI is InChI=1S/C21H23N3O/c1-5-6-18(8-7-15(2)3)21-22-14-13-20(24-21)23-19-11-9-17(10-12-19)16(4)25/h5-15H,1H2,2-4H3,(H,22,23,24). The van der Waals surface area contributed by atoms with Gasteiger partial charge in [-0.2, -0.15) is 0 Å². The molecule has 128 valence electrons. The van der Waals surface area contributed by atoms with Crippen LogP contribution >= 0.6 is 0 Å². The van der Waals surface area contributed by atoms with Gasteiger partial charge >= 0.3 is 0 Å². The number of benzene rings is 1. The summed E-state index contributed by atoms with van der Waals surface area (Å²) in [7, 11) is 0. The number of hydrogen-bond acceptors (Lipinski definition) is 4. The average Bonchev–Trinajstić information content (AvgIpc) is 2.59. The van der Waals surface area contributed by atoms with Gasteiger partial charge in [-0.25, -0.2) is 9.97 Å². The summed E-state index contributed by atoms with van der Waals surface area (Å²) in [6.45, 7) is 9.54. The van der Waals surface area contributed by atoms with Crippen molar-refractivity contribution in [2.75, 3.05) is 5.32 Å². The van der Waals surface area contributed by atoms with E-state index in [4.69, 9.17) is 0 Å². The first-order valence-electron chi connectivity index (χ1n) is 8.22. The first-order valence-corrected chi connectivity index (χ1v) is 8.22. The number of anilines is 2. The third-order valence-electron chi connectivity index (χ3n) is 3.44. The predicted octanol–water partition coefficient (Wildman–Crippen LogP) is 5.20. The van der Waals surface area contributed by atoms with Crippen molar-refractivity contribution in [2.24, 2.45) is 5.92 Å². The molecule has 0 unspecified atom stereocenters. The minimum atomic E-state index is 0.0482. The average molecular weight is 333 g/mol. The molecule has 0 saturated heterocycles. The van der Waals surface area contributed by atoms with E-state index < -0.39 is 0 Å². The number of carbonyl (C=O) groups excluding carboxylic acids is 1. The first kappa shape index (κ1) is 18.3. The molecule has 0 aliphatic rings. The van der Waals surface area contributed by atoms with Crippen molar-refractivity contribution in [2.45, 2.75) is 20.8 Å². The molecule has 1 N–H and O–H groups in total. The second-order valence-corrected chi connectivity index (χ2v) is 5.98. The summed E-state index contributed by atoms with van der Waals surface area (Å²) in [6, 6.07) is 9.11. The van der Waals surface area contributed by atoms with Crippen LogP contribution in [0, 0.1) is 5.92 Å². The molecular formula is C21H23N3O. The third-order valence-corrected chi connectivity index (χ3v) is 3.44. The van der Waals surface area contributed by atoms with Crippen molar-refractivity contribution in [3.63, 3.8) is 0 Å². The molecule has 0 bridgehead atoms. The van der Waals surface area contributed by atoms with E-state index in [9.17, 15) is 4.79 Å². The summed E-state index contributed by atoms with van der Waals surface area (Å²) in [4.78, 5) is 20.3. The maximum Gasteiger partial charge on any atom is 0.161 e. The van der Waals surface area contributed by atoms with Crippen molar-refractivity contribution >= 4 is 22.9 Å². The fourth-order valence-corrected chi connectivity index (χ4v) is 2.13. The van der Waals surface area contributed by atoms with Gasteiger partial charge in [-0.3, -0.25) is 4.79 Å². The molecule has 4 heteroatoms. The molecule has 0 amide bonds. The predicted molar refractivity (Wildman–Crippen MR) is 104 cm³/mol. The molecule has 0 radical (unpaired) electrons. The number of carbonyl (C=O) groups is 1. The number of nitrogens with zero attached hydrogens (tertiary/aromatic N) is 2. The van der Waals surface area contributed by atoms with Crippen molar-refractivity contribution in [1.82, 2.24) is 9.97 Å². The second-order valence-electron chi connectivity index (χ2n) is 5.98.